The number of hydrogen-bond donors (Lipinski definition) is 1. The van der Waals surface area contributed by atoms with Crippen molar-refractivity contribution in [2.24, 2.45) is 5.92 Å². The maximum atomic E-state index is 9.06. The van der Waals surface area contributed by atoms with Gasteiger partial charge in [0.1, 0.15) is 0 Å². The molecule has 1 aliphatic carbocycles. The van der Waals surface area contributed by atoms with Gasteiger partial charge in [-0.25, -0.2) is 0 Å². The van der Waals surface area contributed by atoms with Gasteiger partial charge in [0.15, 0.2) is 11.5 Å². The first-order chi connectivity index (χ1) is 7.31. The topological polar surface area (TPSA) is 38.7 Å². The molecule has 1 aromatic rings. The van der Waals surface area contributed by atoms with Gasteiger partial charge in [-0.15, -0.1) is 0 Å². The molecule has 1 aliphatic rings. The Labute approximate surface area is 89.6 Å². The first-order valence-electron chi connectivity index (χ1n) is 5.13. The molecule has 2 rings (SSSR count). The van der Waals surface area contributed by atoms with Crippen LogP contribution in [0.3, 0.4) is 0 Å². The van der Waals surface area contributed by atoms with E-state index in [9.17, 15) is 0 Å². The van der Waals surface area contributed by atoms with Crippen LogP contribution in [0, 0.1) is 5.92 Å². The van der Waals surface area contributed by atoms with Crippen molar-refractivity contribution in [3.63, 3.8) is 0 Å². The largest absolute Gasteiger partial charge is 0.493 e. The van der Waals surface area contributed by atoms with Crippen molar-refractivity contribution in [3.05, 3.63) is 23.8 Å². The van der Waals surface area contributed by atoms with Crippen molar-refractivity contribution in [3.8, 4) is 11.5 Å². The Balaban J connectivity index is 2.31. The molecule has 0 aromatic heterocycles. The number of methoxy groups -OCH3 is 2. The fourth-order valence-corrected chi connectivity index (χ4v) is 2.03. The first kappa shape index (κ1) is 10.3. The lowest BCUT2D eigenvalue weighted by atomic mass is 10.1. The van der Waals surface area contributed by atoms with E-state index >= 15 is 0 Å². The molecule has 1 saturated carbocycles. The summed E-state index contributed by atoms with van der Waals surface area (Å²) in [6.45, 7) is 0.255. The molecular formula is C12H16O3. The van der Waals surface area contributed by atoms with Gasteiger partial charge >= 0.3 is 0 Å². The van der Waals surface area contributed by atoms with Crippen LogP contribution in [0.15, 0.2) is 18.2 Å². The van der Waals surface area contributed by atoms with E-state index in [2.05, 4.69) is 0 Å². The van der Waals surface area contributed by atoms with Crippen molar-refractivity contribution in [1.82, 2.24) is 0 Å². The Morgan fingerprint density at radius 2 is 2.13 bits per heavy atom. The summed E-state index contributed by atoms with van der Waals surface area (Å²) < 4.78 is 10.6. The number of para-hydroxylation sites is 1. The molecule has 0 saturated heterocycles. The lowest BCUT2D eigenvalue weighted by Crippen LogP contribution is -1.96. The Morgan fingerprint density at radius 1 is 1.33 bits per heavy atom. The van der Waals surface area contributed by atoms with E-state index in [0.29, 0.717) is 11.8 Å². The highest BCUT2D eigenvalue weighted by Gasteiger charge is 2.39. The SMILES string of the molecule is COc1cccc([C@@H]2C[C@@H]2CO)c1OC. The number of aliphatic hydroxyl groups is 1. The molecule has 0 bridgehead atoms. The third-order valence-electron chi connectivity index (χ3n) is 2.99. The minimum absolute atomic E-state index is 0.255. The molecule has 0 radical (unpaired) electrons. The zero-order valence-electron chi connectivity index (χ0n) is 9.06. The van der Waals surface area contributed by atoms with E-state index in [0.717, 1.165) is 23.5 Å². The average Bonchev–Trinajstić information content (AvgIpc) is 3.07. The Bertz CT molecular complexity index is 349. The van der Waals surface area contributed by atoms with Crippen LogP contribution in [0.25, 0.3) is 0 Å². The third-order valence-corrected chi connectivity index (χ3v) is 2.99. The highest BCUT2D eigenvalue weighted by atomic mass is 16.5. The van der Waals surface area contributed by atoms with Crippen LogP contribution in [0.2, 0.25) is 0 Å². The molecule has 3 heteroatoms. The predicted molar refractivity (Wildman–Crippen MR) is 57.5 cm³/mol. The normalized spacial score (nSPS) is 23.7. The second kappa shape index (κ2) is 4.11. The Kier molecular flexibility index (Phi) is 2.82. The second-order valence-electron chi connectivity index (χ2n) is 3.87. The molecule has 0 aliphatic heterocycles. The fraction of sp³-hybridized carbons (Fsp3) is 0.500. The van der Waals surface area contributed by atoms with Gasteiger partial charge in [-0.2, -0.15) is 0 Å². The number of benzene rings is 1. The second-order valence-corrected chi connectivity index (χ2v) is 3.87. The number of ether oxygens (including phenoxy) is 2. The molecule has 0 spiro atoms. The summed E-state index contributed by atoms with van der Waals surface area (Å²) in [6, 6.07) is 5.89. The van der Waals surface area contributed by atoms with Gasteiger partial charge in [-0.1, -0.05) is 12.1 Å². The Morgan fingerprint density at radius 3 is 2.67 bits per heavy atom. The average molecular weight is 208 g/mol. The van der Waals surface area contributed by atoms with E-state index in [-0.39, 0.29) is 6.61 Å². The summed E-state index contributed by atoms with van der Waals surface area (Å²) in [5, 5.41) is 9.06. The van der Waals surface area contributed by atoms with Gasteiger partial charge in [-0.05, 0) is 24.3 Å². The van der Waals surface area contributed by atoms with Gasteiger partial charge in [0.05, 0.1) is 14.2 Å². The minimum atomic E-state index is 0.255. The lowest BCUT2D eigenvalue weighted by molar-refractivity contribution is 0.273. The zero-order valence-corrected chi connectivity index (χ0v) is 9.06. The fourth-order valence-electron chi connectivity index (χ4n) is 2.03. The highest BCUT2D eigenvalue weighted by molar-refractivity contribution is 5.50. The smallest absolute Gasteiger partial charge is 0.164 e. The summed E-state index contributed by atoms with van der Waals surface area (Å²) in [4.78, 5) is 0. The first-order valence-corrected chi connectivity index (χ1v) is 5.13. The van der Waals surface area contributed by atoms with Crippen LogP contribution in [0.1, 0.15) is 17.9 Å². The van der Waals surface area contributed by atoms with Gasteiger partial charge in [0, 0.05) is 12.2 Å². The molecule has 1 N–H and O–H groups in total. The van der Waals surface area contributed by atoms with Crippen molar-refractivity contribution in [2.75, 3.05) is 20.8 Å². The summed E-state index contributed by atoms with van der Waals surface area (Å²) in [6.07, 6.45) is 1.04. The summed E-state index contributed by atoms with van der Waals surface area (Å²) in [5.41, 5.74) is 1.15. The van der Waals surface area contributed by atoms with Crippen LogP contribution in [-0.2, 0) is 0 Å². The van der Waals surface area contributed by atoms with E-state index in [4.69, 9.17) is 14.6 Å². The molecule has 1 aromatic carbocycles. The number of hydrogen-bond acceptors (Lipinski definition) is 3. The summed E-state index contributed by atoms with van der Waals surface area (Å²) in [7, 11) is 3.29. The number of rotatable bonds is 4. The molecule has 82 valence electrons. The van der Waals surface area contributed by atoms with Gasteiger partial charge in [0.2, 0.25) is 0 Å². The van der Waals surface area contributed by atoms with Gasteiger partial charge < -0.3 is 14.6 Å². The Hall–Kier alpha value is -1.22. The quantitative estimate of drug-likeness (QED) is 0.820. The molecule has 0 unspecified atom stereocenters. The molecule has 0 heterocycles. The van der Waals surface area contributed by atoms with Crippen molar-refractivity contribution in [2.45, 2.75) is 12.3 Å². The number of aliphatic hydroxyl groups excluding tert-OH is 1. The maximum Gasteiger partial charge on any atom is 0.164 e. The van der Waals surface area contributed by atoms with Crippen molar-refractivity contribution in [1.29, 1.82) is 0 Å². The summed E-state index contributed by atoms with van der Waals surface area (Å²) >= 11 is 0. The molecule has 0 amide bonds. The molecule has 1 fully saturated rings. The van der Waals surface area contributed by atoms with Gasteiger partial charge in [0.25, 0.3) is 0 Å². The van der Waals surface area contributed by atoms with Crippen LogP contribution in [0.5, 0.6) is 11.5 Å². The molecule has 2 atom stereocenters. The summed E-state index contributed by atoms with van der Waals surface area (Å²) in [5.74, 6) is 2.39. The molecule has 15 heavy (non-hydrogen) atoms. The maximum absolute atomic E-state index is 9.06. The van der Waals surface area contributed by atoms with E-state index < -0.39 is 0 Å². The van der Waals surface area contributed by atoms with Crippen molar-refractivity contribution >= 4 is 0 Å². The van der Waals surface area contributed by atoms with E-state index in [1.807, 2.05) is 18.2 Å². The third kappa shape index (κ3) is 1.79. The van der Waals surface area contributed by atoms with Crippen LogP contribution in [-0.4, -0.2) is 25.9 Å². The van der Waals surface area contributed by atoms with E-state index in [1.165, 1.54) is 0 Å². The van der Waals surface area contributed by atoms with Crippen LogP contribution in [0.4, 0.5) is 0 Å². The van der Waals surface area contributed by atoms with Gasteiger partial charge in [-0.3, -0.25) is 0 Å². The van der Waals surface area contributed by atoms with Crippen LogP contribution >= 0.6 is 0 Å². The predicted octanol–water partition coefficient (Wildman–Crippen LogP) is 1.80. The standard InChI is InChI=1S/C12H16O3/c1-14-11-5-3-4-9(12(11)15-2)10-6-8(10)7-13/h3-5,8,10,13H,6-7H2,1-2H3/t8-,10-/m1/s1. The van der Waals surface area contributed by atoms with Crippen molar-refractivity contribution < 1.29 is 14.6 Å². The lowest BCUT2D eigenvalue weighted by Gasteiger charge is -2.12. The monoisotopic (exact) mass is 208 g/mol. The zero-order chi connectivity index (χ0) is 10.8. The van der Waals surface area contributed by atoms with Crippen LogP contribution < -0.4 is 9.47 Å². The molecule has 3 nitrogen and oxygen atoms in total. The molecular weight excluding hydrogens is 192 g/mol. The van der Waals surface area contributed by atoms with E-state index in [1.54, 1.807) is 14.2 Å². The minimum Gasteiger partial charge on any atom is -0.493 e. The highest BCUT2D eigenvalue weighted by Crippen LogP contribution is 2.51.